The van der Waals surface area contributed by atoms with Crippen molar-refractivity contribution in [3.63, 3.8) is 0 Å². The van der Waals surface area contributed by atoms with Gasteiger partial charge in [0.2, 0.25) is 5.91 Å². The molecule has 2 unspecified atom stereocenters. The predicted octanol–water partition coefficient (Wildman–Crippen LogP) is 4.04. The van der Waals surface area contributed by atoms with Crippen LogP contribution in [-0.4, -0.2) is 25.1 Å². The van der Waals surface area contributed by atoms with E-state index in [9.17, 15) is 4.79 Å². The van der Waals surface area contributed by atoms with Crippen LogP contribution in [0, 0.1) is 5.92 Å². The van der Waals surface area contributed by atoms with E-state index in [2.05, 4.69) is 29.6 Å². The van der Waals surface area contributed by atoms with Crippen LogP contribution < -0.4 is 15.8 Å². The van der Waals surface area contributed by atoms with Crippen LogP contribution in [0.1, 0.15) is 59.5 Å². The zero-order chi connectivity index (χ0) is 19.3. The van der Waals surface area contributed by atoms with Crippen LogP contribution in [0.5, 0.6) is 5.75 Å². The summed E-state index contributed by atoms with van der Waals surface area (Å²) in [4.78, 5) is 11.7. The third-order valence-electron chi connectivity index (χ3n) is 6.29. The SMILES string of the molecule is NC(=O)c1ccc2c(c1)C(Cc1ccccc1)C(NCC1CCCCC1)CO2. The molecule has 0 aromatic heterocycles. The number of nitrogens with two attached hydrogens (primary N) is 1. The quantitative estimate of drug-likeness (QED) is 0.797. The molecule has 1 heterocycles. The Labute approximate surface area is 167 Å². The van der Waals surface area contributed by atoms with Crippen LogP contribution in [-0.2, 0) is 6.42 Å². The molecular formula is C24H30N2O2. The van der Waals surface area contributed by atoms with Crippen molar-refractivity contribution in [3.05, 3.63) is 65.2 Å². The van der Waals surface area contributed by atoms with Crippen molar-refractivity contribution < 1.29 is 9.53 Å². The Balaban J connectivity index is 1.57. The molecule has 2 atom stereocenters. The molecule has 3 N–H and O–H groups in total. The third kappa shape index (κ3) is 4.39. The van der Waals surface area contributed by atoms with Gasteiger partial charge in [0.25, 0.3) is 0 Å². The van der Waals surface area contributed by atoms with E-state index in [0.717, 1.165) is 30.2 Å². The molecule has 0 spiro atoms. The molecule has 2 aromatic rings. The van der Waals surface area contributed by atoms with Crippen molar-refractivity contribution in [1.82, 2.24) is 5.32 Å². The summed E-state index contributed by atoms with van der Waals surface area (Å²) in [7, 11) is 0. The summed E-state index contributed by atoms with van der Waals surface area (Å²) in [6.45, 7) is 1.71. The molecule has 0 radical (unpaired) electrons. The van der Waals surface area contributed by atoms with Gasteiger partial charge in [0.05, 0.1) is 0 Å². The minimum absolute atomic E-state index is 0.234. The zero-order valence-electron chi connectivity index (χ0n) is 16.4. The Hall–Kier alpha value is -2.33. The van der Waals surface area contributed by atoms with Gasteiger partial charge >= 0.3 is 0 Å². The van der Waals surface area contributed by atoms with Gasteiger partial charge in [-0.15, -0.1) is 0 Å². The maximum Gasteiger partial charge on any atom is 0.248 e. The highest BCUT2D eigenvalue weighted by Gasteiger charge is 2.32. The Morgan fingerprint density at radius 2 is 1.86 bits per heavy atom. The van der Waals surface area contributed by atoms with E-state index < -0.39 is 5.91 Å². The molecule has 4 rings (SSSR count). The van der Waals surface area contributed by atoms with Gasteiger partial charge in [0.1, 0.15) is 12.4 Å². The molecule has 4 nitrogen and oxygen atoms in total. The molecule has 1 fully saturated rings. The van der Waals surface area contributed by atoms with Gasteiger partial charge in [-0.3, -0.25) is 4.79 Å². The Bertz CT molecular complexity index is 800. The molecular weight excluding hydrogens is 348 g/mol. The number of amides is 1. The molecule has 1 saturated carbocycles. The second-order valence-electron chi connectivity index (χ2n) is 8.24. The lowest BCUT2D eigenvalue weighted by Gasteiger charge is -2.36. The van der Waals surface area contributed by atoms with E-state index in [4.69, 9.17) is 10.5 Å². The molecule has 28 heavy (non-hydrogen) atoms. The maximum atomic E-state index is 11.7. The zero-order valence-corrected chi connectivity index (χ0v) is 16.4. The molecule has 0 bridgehead atoms. The van der Waals surface area contributed by atoms with Crippen molar-refractivity contribution >= 4 is 5.91 Å². The number of carbonyl (C=O) groups excluding carboxylic acids is 1. The number of fused-ring (bicyclic) bond motifs is 1. The number of rotatable bonds is 6. The van der Waals surface area contributed by atoms with Crippen molar-refractivity contribution in [2.24, 2.45) is 11.7 Å². The standard InChI is InChI=1S/C24H30N2O2/c25-24(27)19-11-12-23-21(14-19)20(13-17-7-3-1-4-8-17)22(16-28-23)26-15-18-9-5-2-6-10-18/h1,3-4,7-8,11-12,14,18,20,22,26H,2,5-6,9-10,13,15-16H2,(H2,25,27). The van der Waals surface area contributed by atoms with Crippen LogP contribution in [0.15, 0.2) is 48.5 Å². The van der Waals surface area contributed by atoms with Gasteiger partial charge in [0, 0.05) is 23.1 Å². The topological polar surface area (TPSA) is 64.4 Å². The maximum absolute atomic E-state index is 11.7. The van der Waals surface area contributed by atoms with Gasteiger partial charge in [0.15, 0.2) is 0 Å². The van der Waals surface area contributed by atoms with Crippen LogP contribution in [0.2, 0.25) is 0 Å². The van der Waals surface area contributed by atoms with Crippen LogP contribution >= 0.6 is 0 Å². The molecule has 2 aliphatic rings. The summed E-state index contributed by atoms with van der Waals surface area (Å²) in [6.07, 6.45) is 7.65. The fourth-order valence-corrected chi connectivity index (χ4v) is 4.67. The summed E-state index contributed by atoms with van der Waals surface area (Å²) in [6, 6.07) is 16.4. The lowest BCUT2D eigenvalue weighted by Crippen LogP contribution is -2.45. The first-order valence-corrected chi connectivity index (χ1v) is 10.5. The van der Waals surface area contributed by atoms with Crippen molar-refractivity contribution in [2.45, 2.75) is 50.5 Å². The van der Waals surface area contributed by atoms with Crippen molar-refractivity contribution in [3.8, 4) is 5.75 Å². The Morgan fingerprint density at radius 1 is 1.07 bits per heavy atom. The predicted molar refractivity (Wildman–Crippen MR) is 112 cm³/mol. The molecule has 0 saturated heterocycles. The molecule has 1 amide bonds. The summed E-state index contributed by atoms with van der Waals surface area (Å²) in [5.41, 5.74) is 8.48. The summed E-state index contributed by atoms with van der Waals surface area (Å²) < 4.78 is 6.06. The number of hydrogen-bond acceptors (Lipinski definition) is 3. The molecule has 1 aliphatic carbocycles. The van der Waals surface area contributed by atoms with Gasteiger partial charge in [-0.1, -0.05) is 49.6 Å². The van der Waals surface area contributed by atoms with E-state index in [0.29, 0.717) is 12.2 Å². The van der Waals surface area contributed by atoms with E-state index >= 15 is 0 Å². The van der Waals surface area contributed by atoms with E-state index in [1.165, 1.54) is 37.7 Å². The summed E-state index contributed by atoms with van der Waals surface area (Å²) in [5.74, 6) is 1.51. The molecule has 4 heteroatoms. The van der Waals surface area contributed by atoms with Gasteiger partial charge in [-0.25, -0.2) is 0 Å². The normalized spacial score (nSPS) is 22.3. The lowest BCUT2D eigenvalue weighted by atomic mass is 9.82. The summed E-state index contributed by atoms with van der Waals surface area (Å²) >= 11 is 0. The Morgan fingerprint density at radius 3 is 2.61 bits per heavy atom. The number of hydrogen-bond donors (Lipinski definition) is 2. The largest absolute Gasteiger partial charge is 0.492 e. The minimum Gasteiger partial charge on any atom is -0.492 e. The summed E-state index contributed by atoms with van der Waals surface area (Å²) in [5, 5.41) is 3.81. The fourth-order valence-electron chi connectivity index (χ4n) is 4.67. The van der Waals surface area contributed by atoms with Crippen LogP contribution in [0.3, 0.4) is 0 Å². The fraction of sp³-hybridized carbons (Fsp3) is 0.458. The number of primary amides is 1. The van der Waals surface area contributed by atoms with Gasteiger partial charge < -0.3 is 15.8 Å². The van der Waals surface area contributed by atoms with Crippen LogP contribution in [0.4, 0.5) is 0 Å². The Kier molecular flexibility index (Phi) is 5.96. The third-order valence-corrected chi connectivity index (χ3v) is 6.29. The molecule has 1 aliphatic heterocycles. The number of ether oxygens (including phenoxy) is 1. The van der Waals surface area contributed by atoms with Crippen LogP contribution in [0.25, 0.3) is 0 Å². The lowest BCUT2D eigenvalue weighted by molar-refractivity contribution is 0.1000. The average Bonchev–Trinajstić information content (AvgIpc) is 2.74. The second kappa shape index (κ2) is 8.78. The highest BCUT2D eigenvalue weighted by atomic mass is 16.5. The smallest absolute Gasteiger partial charge is 0.248 e. The van der Waals surface area contributed by atoms with Gasteiger partial charge in [-0.2, -0.15) is 0 Å². The first-order chi connectivity index (χ1) is 13.7. The first kappa shape index (κ1) is 19.0. The van der Waals surface area contributed by atoms with Crippen molar-refractivity contribution in [2.75, 3.05) is 13.2 Å². The monoisotopic (exact) mass is 378 g/mol. The number of carbonyl (C=O) groups is 1. The number of benzene rings is 2. The molecule has 148 valence electrons. The highest BCUT2D eigenvalue weighted by molar-refractivity contribution is 5.93. The first-order valence-electron chi connectivity index (χ1n) is 10.5. The average molecular weight is 379 g/mol. The van der Waals surface area contributed by atoms with E-state index in [1.54, 1.807) is 6.07 Å². The van der Waals surface area contributed by atoms with Crippen molar-refractivity contribution in [1.29, 1.82) is 0 Å². The minimum atomic E-state index is -0.390. The van der Waals surface area contributed by atoms with E-state index in [-0.39, 0.29) is 12.0 Å². The van der Waals surface area contributed by atoms with E-state index in [1.807, 2.05) is 18.2 Å². The van der Waals surface area contributed by atoms with Gasteiger partial charge in [-0.05, 0) is 55.5 Å². The second-order valence-corrected chi connectivity index (χ2v) is 8.24. The highest BCUT2D eigenvalue weighted by Crippen LogP contribution is 2.37. The number of nitrogens with one attached hydrogen (secondary N) is 1. The molecule has 2 aromatic carbocycles.